The summed E-state index contributed by atoms with van der Waals surface area (Å²) in [5, 5.41) is 9.10. The molecule has 1 rings (SSSR count). The zero-order chi connectivity index (χ0) is 10.1. The molecule has 1 N–H and O–H groups in total. The Kier molecular flexibility index (Phi) is 2.91. The fourth-order valence-electron chi connectivity index (χ4n) is 1.79. The van der Waals surface area contributed by atoms with E-state index < -0.39 is 5.41 Å². The monoisotopic (exact) mass is 182 g/mol. The maximum atomic E-state index is 11.7. The van der Waals surface area contributed by atoms with E-state index in [0.717, 1.165) is 18.4 Å². The van der Waals surface area contributed by atoms with Crippen molar-refractivity contribution in [3.05, 3.63) is 12.2 Å². The first-order valence-corrected chi connectivity index (χ1v) is 4.79. The number of allylic oxidation sites excluding steroid dienone is 1. The van der Waals surface area contributed by atoms with Crippen LogP contribution in [-0.4, -0.2) is 17.5 Å². The Morgan fingerprint density at radius 3 is 2.77 bits per heavy atom. The molecular formula is C11H18O2. The molecule has 2 heteroatoms. The second kappa shape index (κ2) is 3.62. The van der Waals surface area contributed by atoms with Gasteiger partial charge in [-0.1, -0.05) is 19.1 Å². The Labute approximate surface area is 79.6 Å². The number of carbonyl (C=O) groups is 1. The van der Waals surface area contributed by atoms with Gasteiger partial charge in [0.05, 0.1) is 6.61 Å². The van der Waals surface area contributed by atoms with Gasteiger partial charge < -0.3 is 5.11 Å². The second-order valence-electron chi connectivity index (χ2n) is 4.43. The third-order valence-corrected chi connectivity index (χ3v) is 3.20. The molecule has 0 aliphatic heterocycles. The predicted molar refractivity (Wildman–Crippen MR) is 52.4 cm³/mol. The molecule has 2 nitrogen and oxygen atoms in total. The number of Topliss-reactive ketones (excluding diaryl/α,β-unsaturated/α-hetero) is 1. The smallest absolute Gasteiger partial charge is 0.141 e. The summed E-state index contributed by atoms with van der Waals surface area (Å²) in [6, 6.07) is 0. The molecule has 1 fully saturated rings. The highest BCUT2D eigenvalue weighted by Crippen LogP contribution is 2.37. The first-order valence-electron chi connectivity index (χ1n) is 4.79. The van der Waals surface area contributed by atoms with E-state index in [-0.39, 0.29) is 12.4 Å². The van der Waals surface area contributed by atoms with E-state index in [1.54, 1.807) is 0 Å². The van der Waals surface area contributed by atoms with E-state index in [0.29, 0.717) is 12.3 Å². The molecule has 1 aliphatic carbocycles. The van der Waals surface area contributed by atoms with Gasteiger partial charge in [0.2, 0.25) is 0 Å². The average Bonchev–Trinajstić information content (AvgIpc) is 2.09. The Hall–Kier alpha value is -0.630. The molecule has 0 radical (unpaired) electrons. The van der Waals surface area contributed by atoms with E-state index >= 15 is 0 Å². The van der Waals surface area contributed by atoms with E-state index in [9.17, 15) is 4.79 Å². The fraction of sp³-hybridized carbons (Fsp3) is 0.727. The zero-order valence-corrected chi connectivity index (χ0v) is 8.47. The number of aliphatic hydroxyl groups is 1. The summed E-state index contributed by atoms with van der Waals surface area (Å²) in [5.74, 6) is 0.529. The van der Waals surface area contributed by atoms with Gasteiger partial charge in [-0.25, -0.2) is 0 Å². The van der Waals surface area contributed by atoms with Gasteiger partial charge in [-0.05, 0) is 25.7 Å². The van der Waals surface area contributed by atoms with Crippen molar-refractivity contribution >= 4 is 5.78 Å². The molecule has 0 saturated heterocycles. The van der Waals surface area contributed by atoms with Crippen molar-refractivity contribution in [3.63, 3.8) is 0 Å². The lowest BCUT2D eigenvalue weighted by Crippen LogP contribution is -2.37. The molecule has 0 aromatic carbocycles. The molecule has 0 spiro atoms. The van der Waals surface area contributed by atoms with Crippen LogP contribution in [0.4, 0.5) is 0 Å². The molecule has 13 heavy (non-hydrogen) atoms. The topological polar surface area (TPSA) is 37.3 Å². The number of hydrogen-bond acceptors (Lipinski definition) is 2. The van der Waals surface area contributed by atoms with Crippen LogP contribution in [0.15, 0.2) is 12.2 Å². The Morgan fingerprint density at radius 2 is 2.38 bits per heavy atom. The molecule has 0 heterocycles. The molecule has 1 saturated carbocycles. The molecule has 2 unspecified atom stereocenters. The van der Waals surface area contributed by atoms with Gasteiger partial charge in [0.25, 0.3) is 0 Å². The quantitative estimate of drug-likeness (QED) is 0.662. The number of rotatable bonds is 2. The Morgan fingerprint density at radius 1 is 1.77 bits per heavy atom. The molecule has 74 valence electrons. The van der Waals surface area contributed by atoms with Crippen LogP contribution in [0.1, 0.15) is 33.1 Å². The minimum atomic E-state index is -0.480. The predicted octanol–water partition coefficient (Wildman–Crippen LogP) is 1.93. The van der Waals surface area contributed by atoms with Crippen LogP contribution < -0.4 is 0 Å². The largest absolute Gasteiger partial charge is 0.395 e. The third-order valence-electron chi connectivity index (χ3n) is 3.20. The normalized spacial score (nSPS) is 34.7. The standard InChI is InChI=1S/C11H18O2/c1-8(2)9-4-5-11(3,7-12)10(13)6-9/h9,12H,1,4-7H2,2-3H3. The SMILES string of the molecule is C=C(C)C1CCC(C)(CO)C(=O)C1. The lowest BCUT2D eigenvalue weighted by molar-refractivity contribution is -0.133. The van der Waals surface area contributed by atoms with E-state index in [4.69, 9.17) is 5.11 Å². The third kappa shape index (κ3) is 1.99. The number of ketones is 1. The van der Waals surface area contributed by atoms with Crippen molar-refractivity contribution in [3.8, 4) is 0 Å². The number of carbonyl (C=O) groups excluding carboxylic acids is 1. The van der Waals surface area contributed by atoms with Crippen LogP contribution in [0.2, 0.25) is 0 Å². The molecule has 0 bridgehead atoms. The van der Waals surface area contributed by atoms with Crippen molar-refractivity contribution in [2.24, 2.45) is 11.3 Å². The molecular weight excluding hydrogens is 164 g/mol. The Bertz CT molecular complexity index is 232. The van der Waals surface area contributed by atoms with Gasteiger partial charge in [0.15, 0.2) is 0 Å². The lowest BCUT2D eigenvalue weighted by atomic mass is 9.70. The first kappa shape index (κ1) is 10.5. The van der Waals surface area contributed by atoms with Gasteiger partial charge in [-0.15, -0.1) is 0 Å². The Balaban J connectivity index is 2.67. The highest BCUT2D eigenvalue weighted by atomic mass is 16.3. The zero-order valence-electron chi connectivity index (χ0n) is 8.47. The minimum absolute atomic E-state index is 0.0191. The fourth-order valence-corrected chi connectivity index (χ4v) is 1.79. The van der Waals surface area contributed by atoms with Crippen molar-refractivity contribution in [1.29, 1.82) is 0 Å². The van der Waals surface area contributed by atoms with Crippen LogP contribution in [-0.2, 0) is 4.79 Å². The highest BCUT2D eigenvalue weighted by molar-refractivity contribution is 5.85. The van der Waals surface area contributed by atoms with Crippen LogP contribution in [0.3, 0.4) is 0 Å². The van der Waals surface area contributed by atoms with Crippen molar-refractivity contribution in [2.45, 2.75) is 33.1 Å². The minimum Gasteiger partial charge on any atom is -0.395 e. The van der Waals surface area contributed by atoms with Gasteiger partial charge in [-0.3, -0.25) is 4.79 Å². The molecule has 0 aromatic heterocycles. The summed E-state index contributed by atoms with van der Waals surface area (Å²) < 4.78 is 0. The maximum absolute atomic E-state index is 11.7. The molecule has 0 aromatic rings. The lowest BCUT2D eigenvalue weighted by Gasteiger charge is -2.34. The summed E-state index contributed by atoms with van der Waals surface area (Å²) in [6.45, 7) is 7.68. The summed E-state index contributed by atoms with van der Waals surface area (Å²) in [7, 11) is 0. The number of hydrogen-bond donors (Lipinski definition) is 1. The average molecular weight is 182 g/mol. The van der Waals surface area contributed by atoms with Gasteiger partial charge in [-0.2, -0.15) is 0 Å². The van der Waals surface area contributed by atoms with Crippen molar-refractivity contribution < 1.29 is 9.90 Å². The molecule has 1 aliphatic rings. The molecule has 0 amide bonds. The van der Waals surface area contributed by atoms with Gasteiger partial charge >= 0.3 is 0 Å². The van der Waals surface area contributed by atoms with E-state index in [1.165, 1.54) is 0 Å². The van der Waals surface area contributed by atoms with Crippen LogP contribution in [0, 0.1) is 11.3 Å². The van der Waals surface area contributed by atoms with Gasteiger partial charge in [0.1, 0.15) is 5.78 Å². The number of aliphatic hydroxyl groups excluding tert-OH is 1. The van der Waals surface area contributed by atoms with Crippen LogP contribution >= 0.6 is 0 Å². The summed E-state index contributed by atoms with van der Waals surface area (Å²) in [4.78, 5) is 11.7. The van der Waals surface area contributed by atoms with Crippen LogP contribution in [0.5, 0.6) is 0 Å². The summed E-state index contributed by atoms with van der Waals surface area (Å²) in [6.07, 6.45) is 2.34. The van der Waals surface area contributed by atoms with Crippen LogP contribution in [0.25, 0.3) is 0 Å². The summed E-state index contributed by atoms with van der Waals surface area (Å²) >= 11 is 0. The summed E-state index contributed by atoms with van der Waals surface area (Å²) in [5.41, 5.74) is 0.611. The van der Waals surface area contributed by atoms with E-state index in [1.807, 2.05) is 13.8 Å². The molecule has 2 atom stereocenters. The first-order chi connectivity index (χ1) is 5.99. The maximum Gasteiger partial charge on any atom is 0.141 e. The second-order valence-corrected chi connectivity index (χ2v) is 4.43. The van der Waals surface area contributed by atoms with E-state index in [2.05, 4.69) is 6.58 Å². The highest BCUT2D eigenvalue weighted by Gasteiger charge is 2.38. The van der Waals surface area contributed by atoms with Crippen molar-refractivity contribution in [1.82, 2.24) is 0 Å². The van der Waals surface area contributed by atoms with Crippen molar-refractivity contribution in [2.75, 3.05) is 6.61 Å². The van der Waals surface area contributed by atoms with Gasteiger partial charge in [0, 0.05) is 11.8 Å².